The zero-order chi connectivity index (χ0) is 12.2. The molecule has 5 heteroatoms. The van der Waals surface area contributed by atoms with Crippen LogP contribution in [0.3, 0.4) is 0 Å². The number of hydrogen-bond donors (Lipinski definition) is 1. The van der Waals surface area contributed by atoms with Gasteiger partial charge in [0.25, 0.3) is 0 Å². The minimum Gasteiger partial charge on any atom is -0.467 e. The molecule has 1 N–H and O–H groups in total. The molecule has 0 aromatic rings. The van der Waals surface area contributed by atoms with Crippen LogP contribution in [0.4, 0.5) is 4.79 Å². The van der Waals surface area contributed by atoms with E-state index in [1.54, 1.807) is 6.08 Å². The first-order valence-corrected chi connectivity index (χ1v) is 5.28. The summed E-state index contributed by atoms with van der Waals surface area (Å²) < 4.78 is 4.74. The topological polar surface area (TPSA) is 66.8 Å². The highest BCUT2D eigenvalue weighted by atomic mass is 16.5. The van der Waals surface area contributed by atoms with Gasteiger partial charge in [0.2, 0.25) is 0 Å². The maximum atomic E-state index is 11.8. The summed E-state index contributed by atoms with van der Waals surface area (Å²) in [6.45, 7) is 3.98. The molecule has 1 saturated heterocycles. The third kappa shape index (κ3) is 2.03. The highest BCUT2D eigenvalue weighted by Gasteiger charge is 2.50. The lowest BCUT2D eigenvalue weighted by Gasteiger charge is -2.33. The van der Waals surface area contributed by atoms with E-state index in [1.165, 1.54) is 12.0 Å². The number of rotatable bonds is 4. The fraction of sp³-hybridized carbons (Fsp3) is 0.636. The summed E-state index contributed by atoms with van der Waals surface area (Å²) in [4.78, 5) is 24.1. The maximum Gasteiger partial charge on any atom is 0.408 e. The van der Waals surface area contributed by atoms with Crippen molar-refractivity contribution in [3.63, 3.8) is 0 Å². The van der Waals surface area contributed by atoms with Gasteiger partial charge in [-0.1, -0.05) is 6.08 Å². The molecule has 90 valence electrons. The summed E-state index contributed by atoms with van der Waals surface area (Å²) in [5.74, 6) is -0.464. The predicted molar refractivity (Wildman–Crippen MR) is 58.1 cm³/mol. The summed E-state index contributed by atoms with van der Waals surface area (Å²) in [6.07, 6.45) is 2.88. The lowest BCUT2D eigenvalue weighted by molar-refractivity contribution is -0.152. The van der Waals surface area contributed by atoms with E-state index < -0.39 is 17.6 Å². The molecule has 1 heterocycles. The minimum absolute atomic E-state index is 0.390. The fourth-order valence-corrected chi connectivity index (χ4v) is 2.26. The van der Waals surface area contributed by atoms with Crippen molar-refractivity contribution < 1.29 is 19.4 Å². The van der Waals surface area contributed by atoms with Crippen LogP contribution in [0.15, 0.2) is 12.7 Å². The molecule has 1 amide bonds. The number of carboxylic acid groups (broad SMARTS) is 1. The number of nitrogens with zero attached hydrogens (tertiary/aromatic N) is 1. The van der Waals surface area contributed by atoms with E-state index in [1.807, 2.05) is 0 Å². The van der Waals surface area contributed by atoms with Gasteiger partial charge < -0.3 is 9.84 Å². The van der Waals surface area contributed by atoms with Crippen LogP contribution in [-0.4, -0.2) is 41.3 Å². The summed E-state index contributed by atoms with van der Waals surface area (Å²) in [5.41, 5.74) is -1.01. The van der Waals surface area contributed by atoms with E-state index in [0.29, 0.717) is 32.2 Å². The second-order valence-electron chi connectivity index (χ2n) is 3.89. The first kappa shape index (κ1) is 12.5. The molecule has 1 atom stereocenters. The van der Waals surface area contributed by atoms with Gasteiger partial charge in [-0.3, -0.25) is 4.90 Å². The SMILES string of the molecule is C=CCCC1(C(=O)OC)CCCN1C(=O)O. The standard InChI is InChI=1S/C11H17NO4/c1-3-4-6-11(9(13)16-2)7-5-8-12(11)10(14)15/h3H,1,4-8H2,2H3,(H,14,15). The van der Waals surface area contributed by atoms with E-state index in [-0.39, 0.29) is 0 Å². The van der Waals surface area contributed by atoms with Crippen molar-refractivity contribution in [1.29, 1.82) is 0 Å². The van der Waals surface area contributed by atoms with Crippen LogP contribution < -0.4 is 0 Å². The summed E-state index contributed by atoms with van der Waals surface area (Å²) in [5, 5.41) is 9.08. The van der Waals surface area contributed by atoms with Gasteiger partial charge in [-0.25, -0.2) is 9.59 Å². The van der Waals surface area contributed by atoms with E-state index in [0.717, 1.165) is 0 Å². The monoisotopic (exact) mass is 227 g/mol. The van der Waals surface area contributed by atoms with Gasteiger partial charge in [0, 0.05) is 6.54 Å². The average Bonchev–Trinajstić information content (AvgIpc) is 2.70. The highest BCUT2D eigenvalue weighted by molar-refractivity contribution is 5.86. The molecule has 1 aliphatic heterocycles. The van der Waals surface area contributed by atoms with Crippen LogP contribution in [0.25, 0.3) is 0 Å². The fourth-order valence-electron chi connectivity index (χ4n) is 2.26. The van der Waals surface area contributed by atoms with E-state index in [2.05, 4.69) is 6.58 Å². The van der Waals surface area contributed by atoms with E-state index in [9.17, 15) is 9.59 Å². The molecule has 1 unspecified atom stereocenters. The van der Waals surface area contributed by atoms with Gasteiger partial charge >= 0.3 is 12.1 Å². The van der Waals surface area contributed by atoms with Crippen LogP contribution in [0.2, 0.25) is 0 Å². The third-order valence-corrected chi connectivity index (χ3v) is 3.05. The van der Waals surface area contributed by atoms with Gasteiger partial charge in [-0.15, -0.1) is 6.58 Å². The molecule has 1 aliphatic rings. The molecule has 1 fully saturated rings. The smallest absolute Gasteiger partial charge is 0.408 e. The zero-order valence-electron chi connectivity index (χ0n) is 9.44. The first-order chi connectivity index (χ1) is 7.58. The number of methoxy groups -OCH3 is 1. The van der Waals surface area contributed by atoms with Crippen molar-refractivity contribution in [2.75, 3.05) is 13.7 Å². The first-order valence-electron chi connectivity index (χ1n) is 5.28. The van der Waals surface area contributed by atoms with Crippen LogP contribution in [0.1, 0.15) is 25.7 Å². The molecule has 5 nitrogen and oxygen atoms in total. The molecule has 0 bridgehead atoms. The van der Waals surface area contributed by atoms with Crippen molar-refractivity contribution in [1.82, 2.24) is 4.90 Å². The van der Waals surface area contributed by atoms with Gasteiger partial charge in [-0.2, -0.15) is 0 Å². The molecule has 0 aromatic carbocycles. The van der Waals surface area contributed by atoms with Crippen LogP contribution in [0.5, 0.6) is 0 Å². The Hall–Kier alpha value is -1.52. The lowest BCUT2D eigenvalue weighted by atomic mass is 9.90. The summed E-state index contributed by atoms with van der Waals surface area (Å²) >= 11 is 0. The normalized spacial score (nSPS) is 24.2. The Kier molecular flexibility index (Phi) is 3.93. The molecule has 0 saturated carbocycles. The molecule has 0 spiro atoms. The van der Waals surface area contributed by atoms with Crippen molar-refractivity contribution in [2.45, 2.75) is 31.2 Å². The third-order valence-electron chi connectivity index (χ3n) is 3.05. The van der Waals surface area contributed by atoms with Crippen LogP contribution in [-0.2, 0) is 9.53 Å². The number of carbonyl (C=O) groups excluding carboxylic acids is 1. The number of likely N-dealkylation sites (tertiary alicyclic amines) is 1. The van der Waals surface area contributed by atoms with E-state index in [4.69, 9.17) is 9.84 Å². The largest absolute Gasteiger partial charge is 0.467 e. The lowest BCUT2D eigenvalue weighted by Crippen LogP contribution is -2.53. The molecule has 0 aromatic heterocycles. The highest BCUT2D eigenvalue weighted by Crippen LogP contribution is 2.34. The van der Waals surface area contributed by atoms with E-state index >= 15 is 0 Å². The van der Waals surface area contributed by atoms with Crippen molar-refractivity contribution in [3.05, 3.63) is 12.7 Å². The number of ether oxygens (including phenoxy) is 1. The Morgan fingerprint density at radius 2 is 2.31 bits per heavy atom. The summed E-state index contributed by atoms with van der Waals surface area (Å²) in [7, 11) is 1.29. The molecular formula is C11H17NO4. The van der Waals surface area contributed by atoms with Gasteiger partial charge in [0.1, 0.15) is 5.54 Å². The second kappa shape index (κ2) is 5.01. The second-order valence-corrected chi connectivity index (χ2v) is 3.89. The Bertz CT molecular complexity index is 302. The molecule has 0 aliphatic carbocycles. The van der Waals surface area contributed by atoms with Crippen LogP contribution in [0, 0.1) is 0 Å². The van der Waals surface area contributed by atoms with Crippen molar-refractivity contribution >= 4 is 12.1 Å². The van der Waals surface area contributed by atoms with Gasteiger partial charge in [-0.05, 0) is 25.7 Å². The molecule has 0 radical (unpaired) electrons. The van der Waals surface area contributed by atoms with Gasteiger partial charge in [0.15, 0.2) is 0 Å². The number of carbonyl (C=O) groups is 2. The van der Waals surface area contributed by atoms with Crippen molar-refractivity contribution in [2.24, 2.45) is 0 Å². The molecular weight excluding hydrogens is 210 g/mol. The predicted octanol–water partition coefficient (Wildman–Crippen LogP) is 1.64. The van der Waals surface area contributed by atoms with Crippen LogP contribution >= 0.6 is 0 Å². The molecule has 1 rings (SSSR count). The minimum atomic E-state index is -1.06. The number of amides is 1. The zero-order valence-corrected chi connectivity index (χ0v) is 9.44. The Labute approximate surface area is 94.7 Å². The van der Waals surface area contributed by atoms with Gasteiger partial charge in [0.05, 0.1) is 7.11 Å². The van der Waals surface area contributed by atoms with Crippen molar-refractivity contribution in [3.8, 4) is 0 Å². The Morgan fingerprint density at radius 1 is 1.62 bits per heavy atom. The quantitative estimate of drug-likeness (QED) is 0.585. The number of allylic oxidation sites excluding steroid dienone is 1. The molecule has 16 heavy (non-hydrogen) atoms. The average molecular weight is 227 g/mol. The summed E-state index contributed by atoms with van der Waals surface area (Å²) in [6, 6.07) is 0. The Morgan fingerprint density at radius 3 is 2.81 bits per heavy atom. The maximum absolute atomic E-state index is 11.8. The number of hydrogen-bond acceptors (Lipinski definition) is 3. The number of esters is 1. The Balaban J connectivity index is 2.96.